The second kappa shape index (κ2) is 20.2. The first kappa shape index (κ1) is 32.2. The molecule has 0 radical (unpaired) electrons. The minimum absolute atomic E-state index is 0.260. The first-order chi connectivity index (χ1) is 17.3. The van der Waals surface area contributed by atoms with Crippen LogP contribution in [0.3, 0.4) is 0 Å². The molecule has 0 spiro atoms. The quantitative estimate of drug-likeness (QED) is 0.0953. The van der Waals surface area contributed by atoms with Gasteiger partial charge in [-0.3, -0.25) is 9.59 Å². The molecule has 0 aliphatic rings. The van der Waals surface area contributed by atoms with Gasteiger partial charge in [-0.2, -0.15) is 0 Å². The zero-order valence-corrected chi connectivity index (χ0v) is 24.0. The van der Waals surface area contributed by atoms with Gasteiger partial charge in [0.1, 0.15) is 0 Å². The molecule has 0 unspecified atom stereocenters. The Hall–Kier alpha value is -1.84. The number of hydrogen-bond donors (Lipinski definition) is 0. The molecule has 1 rings (SSSR count). The molecule has 0 amide bonds. The van der Waals surface area contributed by atoms with Crippen molar-refractivity contribution in [1.82, 2.24) is 0 Å². The van der Waals surface area contributed by atoms with Gasteiger partial charge in [-0.25, -0.2) is 0 Å². The summed E-state index contributed by atoms with van der Waals surface area (Å²) in [5.74, 6) is 1.33. The molecule has 1 aromatic carbocycles. The van der Waals surface area contributed by atoms with Gasteiger partial charge in [-0.05, 0) is 55.2 Å². The Bertz CT molecular complexity index is 723. The highest BCUT2D eigenvalue weighted by molar-refractivity contribution is 5.76. The van der Waals surface area contributed by atoms with E-state index in [4.69, 9.17) is 9.47 Å². The number of unbranched alkanes of at least 4 members (excludes halogenated alkanes) is 9. The molecule has 0 aromatic heterocycles. The van der Waals surface area contributed by atoms with Gasteiger partial charge in [0.2, 0.25) is 0 Å². The summed E-state index contributed by atoms with van der Waals surface area (Å²) in [6, 6.07) is 5.69. The Morgan fingerprint density at radius 3 is 1.61 bits per heavy atom. The summed E-state index contributed by atoms with van der Waals surface area (Å²) in [6.07, 6.45) is 18.3. The molecule has 0 heterocycles. The maximum absolute atomic E-state index is 12.5. The number of carbonyl (C=O) groups is 2. The van der Waals surface area contributed by atoms with Crippen LogP contribution in [0.15, 0.2) is 18.2 Å². The molecular formula is C32H54O4. The number of ether oxygens (including phenoxy) is 2. The van der Waals surface area contributed by atoms with E-state index in [1.165, 1.54) is 57.8 Å². The lowest BCUT2D eigenvalue weighted by molar-refractivity contribution is -0.137. The zero-order valence-electron chi connectivity index (χ0n) is 24.0. The van der Waals surface area contributed by atoms with Crippen molar-refractivity contribution >= 4 is 11.9 Å². The highest BCUT2D eigenvalue weighted by Crippen LogP contribution is 2.30. The summed E-state index contributed by atoms with van der Waals surface area (Å²) in [5, 5.41) is 0. The molecule has 0 bridgehead atoms. The van der Waals surface area contributed by atoms with Crippen LogP contribution < -0.4 is 9.47 Å². The third-order valence-electron chi connectivity index (χ3n) is 6.60. The van der Waals surface area contributed by atoms with E-state index in [-0.39, 0.29) is 11.9 Å². The highest BCUT2D eigenvalue weighted by atomic mass is 16.6. The first-order valence-electron chi connectivity index (χ1n) is 14.9. The largest absolute Gasteiger partial charge is 0.423 e. The second-order valence-electron chi connectivity index (χ2n) is 11.2. The Balaban J connectivity index is 2.59. The number of hydrogen-bond acceptors (Lipinski definition) is 4. The topological polar surface area (TPSA) is 52.6 Å². The third-order valence-corrected chi connectivity index (χ3v) is 6.60. The Morgan fingerprint density at radius 1 is 0.639 bits per heavy atom. The number of aryl methyl sites for hydroxylation is 1. The number of carbonyl (C=O) groups excluding carboxylic acids is 2. The number of esters is 2. The minimum Gasteiger partial charge on any atom is -0.423 e. The molecule has 36 heavy (non-hydrogen) atoms. The van der Waals surface area contributed by atoms with Crippen LogP contribution in [0.1, 0.15) is 143 Å². The van der Waals surface area contributed by atoms with Crippen LogP contribution >= 0.6 is 0 Å². The lowest BCUT2D eigenvalue weighted by atomic mass is 10.0. The van der Waals surface area contributed by atoms with Crippen LogP contribution in [-0.4, -0.2) is 11.9 Å². The Morgan fingerprint density at radius 2 is 1.11 bits per heavy atom. The summed E-state index contributed by atoms with van der Waals surface area (Å²) in [5.41, 5.74) is 1.12. The van der Waals surface area contributed by atoms with Gasteiger partial charge in [-0.1, -0.05) is 111 Å². The SMILES string of the molecule is CCCCCCCCCCCCc1ccc(OC(=O)CCCC(C)C)c(OC(=O)CCCC(C)C)c1. The highest BCUT2D eigenvalue weighted by Gasteiger charge is 2.15. The van der Waals surface area contributed by atoms with Crippen molar-refractivity contribution in [3.05, 3.63) is 23.8 Å². The van der Waals surface area contributed by atoms with Gasteiger partial charge in [0.05, 0.1) is 0 Å². The summed E-state index contributed by atoms with van der Waals surface area (Å²) < 4.78 is 11.3. The molecule has 206 valence electrons. The fourth-order valence-corrected chi connectivity index (χ4v) is 4.35. The van der Waals surface area contributed by atoms with Crippen LogP contribution in [0, 0.1) is 11.8 Å². The van der Waals surface area contributed by atoms with Gasteiger partial charge in [0.25, 0.3) is 0 Å². The molecule has 1 aromatic rings. The van der Waals surface area contributed by atoms with Crippen molar-refractivity contribution in [3.8, 4) is 11.5 Å². The average Bonchev–Trinajstić information content (AvgIpc) is 2.81. The van der Waals surface area contributed by atoms with Crippen molar-refractivity contribution in [3.63, 3.8) is 0 Å². The monoisotopic (exact) mass is 502 g/mol. The minimum atomic E-state index is -0.268. The normalized spacial score (nSPS) is 11.3. The molecular weight excluding hydrogens is 448 g/mol. The van der Waals surface area contributed by atoms with E-state index in [9.17, 15) is 9.59 Å². The van der Waals surface area contributed by atoms with Crippen molar-refractivity contribution < 1.29 is 19.1 Å². The van der Waals surface area contributed by atoms with E-state index in [2.05, 4.69) is 34.6 Å². The van der Waals surface area contributed by atoms with Crippen molar-refractivity contribution in [2.24, 2.45) is 11.8 Å². The molecule has 0 N–H and O–H groups in total. The van der Waals surface area contributed by atoms with Gasteiger partial charge in [0, 0.05) is 12.8 Å². The van der Waals surface area contributed by atoms with Crippen molar-refractivity contribution in [2.75, 3.05) is 0 Å². The fraction of sp³-hybridized carbons (Fsp3) is 0.750. The van der Waals surface area contributed by atoms with Gasteiger partial charge in [-0.15, -0.1) is 0 Å². The molecule has 0 fully saturated rings. The fourth-order valence-electron chi connectivity index (χ4n) is 4.35. The summed E-state index contributed by atoms with van der Waals surface area (Å²) in [7, 11) is 0. The summed E-state index contributed by atoms with van der Waals surface area (Å²) >= 11 is 0. The predicted molar refractivity (Wildman–Crippen MR) is 151 cm³/mol. The van der Waals surface area contributed by atoms with E-state index in [0.29, 0.717) is 36.2 Å². The number of benzene rings is 1. The average molecular weight is 503 g/mol. The van der Waals surface area contributed by atoms with E-state index < -0.39 is 0 Å². The zero-order chi connectivity index (χ0) is 26.6. The third kappa shape index (κ3) is 16.8. The van der Waals surface area contributed by atoms with Crippen LogP contribution in [0.5, 0.6) is 11.5 Å². The molecule has 0 saturated carbocycles. The van der Waals surface area contributed by atoms with Crippen LogP contribution in [0.4, 0.5) is 0 Å². The lowest BCUT2D eigenvalue weighted by Gasteiger charge is -2.13. The summed E-state index contributed by atoms with van der Waals surface area (Å²) in [6.45, 7) is 10.9. The standard InChI is InChI=1S/C32H54O4/c1-6-7-8-9-10-11-12-13-14-15-20-28-23-24-29(35-31(33)21-16-18-26(2)3)30(25-28)36-32(34)22-17-19-27(4)5/h23-27H,6-22H2,1-5H3. The van der Waals surface area contributed by atoms with Crippen LogP contribution in [0.2, 0.25) is 0 Å². The van der Waals surface area contributed by atoms with E-state index in [0.717, 1.165) is 44.1 Å². The Labute approximate surface area is 221 Å². The van der Waals surface area contributed by atoms with Crippen LogP contribution in [-0.2, 0) is 16.0 Å². The van der Waals surface area contributed by atoms with Gasteiger partial charge in [0.15, 0.2) is 11.5 Å². The maximum atomic E-state index is 12.5. The van der Waals surface area contributed by atoms with Gasteiger partial charge < -0.3 is 9.47 Å². The molecule has 0 aliphatic carbocycles. The lowest BCUT2D eigenvalue weighted by Crippen LogP contribution is -2.12. The first-order valence-corrected chi connectivity index (χ1v) is 14.9. The predicted octanol–water partition coefficient (Wildman–Crippen LogP) is 9.61. The van der Waals surface area contributed by atoms with Crippen LogP contribution in [0.25, 0.3) is 0 Å². The van der Waals surface area contributed by atoms with Crippen molar-refractivity contribution in [2.45, 2.75) is 144 Å². The maximum Gasteiger partial charge on any atom is 0.311 e. The van der Waals surface area contributed by atoms with E-state index >= 15 is 0 Å². The number of rotatable bonds is 21. The van der Waals surface area contributed by atoms with Gasteiger partial charge >= 0.3 is 11.9 Å². The Kier molecular flexibility index (Phi) is 18.1. The molecule has 4 heteroatoms. The van der Waals surface area contributed by atoms with E-state index in [1.807, 2.05) is 12.1 Å². The summed E-state index contributed by atoms with van der Waals surface area (Å²) in [4.78, 5) is 24.8. The van der Waals surface area contributed by atoms with Crippen molar-refractivity contribution in [1.29, 1.82) is 0 Å². The molecule has 0 atom stereocenters. The smallest absolute Gasteiger partial charge is 0.311 e. The molecule has 0 saturated heterocycles. The molecule has 0 aliphatic heterocycles. The second-order valence-corrected chi connectivity index (χ2v) is 11.2. The molecule has 4 nitrogen and oxygen atoms in total. The van der Waals surface area contributed by atoms with E-state index in [1.54, 1.807) is 6.07 Å².